The molecular weight excluding hydrogens is 252 g/mol. The van der Waals surface area contributed by atoms with Crippen molar-refractivity contribution in [2.75, 3.05) is 0 Å². The monoisotopic (exact) mass is 262 g/mol. The molecular formula is C13H11ClN2S. The first-order valence-electron chi connectivity index (χ1n) is 5.35. The van der Waals surface area contributed by atoms with Crippen LogP contribution in [0.5, 0.6) is 0 Å². The SMILES string of the molecule is Cc1cc(C)n2c(-c3ccc(Cl)s3)cnc2c1. The van der Waals surface area contributed by atoms with Gasteiger partial charge in [0.05, 0.1) is 21.1 Å². The lowest BCUT2D eigenvalue weighted by Gasteiger charge is -2.05. The highest BCUT2D eigenvalue weighted by Crippen LogP contribution is 2.32. The molecule has 0 unspecified atom stereocenters. The third-order valence-electron chi connectivity index (χ3n) is 2.76. The average molecular weight is 263 g/mol. The number of halogens is 1. The molecule has 0 atom stereocenters. The van der Waals surface area contributed by atoms with Gasteiger partial charge in [0, 0.05) is 5.69 Å². The number of rotatable bonds is 1. The van der Waals surface area contributed by atoms with Crippen LogP contribution < -0.4 is 0 Å². The fraction of sp³-hybridized carbons (Fsp3) is 0.154. The van der Waals surface area contributed by atoms with Gasteiger partial charge in [0.2, 0.25) is 0 Å². The van der Waals surface area contributed by atoms with E-state index in [-0.39, 0.29) is 0 Å². The molecule has 0 saturated carbocycles. The number of hydrogen-bond acceptors (Lipinski definition) is 2. The van der Waals surface area contributed by atoms with E-state index < -0.39 is 0 Å². The molecule has 17 heavy (non-hydrogen) atoms. The molecule has 2 nitrogen and oxygen atoms in total. The number of imidazole rings is 1. The van der Waals surface area contributed by atoms with Gasteiger partial charge in [-0.2, -0.15) is 0 Å². The van der Waals surface area contributed by atoms with Crippen LogP contribution in [0.15, 0.2) is 30.5 Å². The van der Waals surface area contributed by atoms with Gasteiger partial charge in [-0.05, 0) is 43.7 Å². The minimum atomic E-state index is 0.805. The maximum atomic E-state index is 5.98. The first kappa shape index (κ1) is 10.8. The third-order valence-corrected chi connectivity index (χ3v) is 4.01. The van der Waals surface area contributed by atoms with E-state index >= 15 is 0 Å². The molecule has 0 aromatic carbocycles. The molecule has 3 heterocycles. The molecule has 0 radical (unpaired) electrons. The summed E-state index contributed by atoms with van der Waals surface area (Å²) in [6.45, 7) is 4.18. The average Bonchev–Trinajstić information content (AvgIpc) is 2.83. The molecule has 3 aromatic heterocycles. The van der Waals surface area contributed by atoms with Crippen LogP contribution in [0.1, 0.15) is 11.3 Å². The molecule has 0 aliphatic rings. The minimum absolute atomic E-state index is 0.805. The van der Waals surface area contributed by atoms with Crippen LogP contribution in [0.4, 0.5) is 0 Å². The zero-order valence-corrected chi connectivity index (χ0v) is 11.1. The summed E-state index contributed by atoms with van der Waals surface area (Å²) in [7, 11) is 0. The van der Waals surface area contributed by atoms with Crippen molar-refractivity contribution in [1.29, 1.82) is 0 Å². The second-order valence-electron chi connectivity index (χ2n) is 4.11. The fourth-order valence-corrected chi connectivity index (χ4v) is 3.15. The highest BCUT2D eigenvalue weighted by molar-refractivity contribution is 7.19. The highest BCUT2D eigenvalue weighted by Gasteiger charge is 2.10. The fourth-order valence-electron chi connectivity index (χ4n) is 2.10. The Kier molecular flexibility index (Phi) is 2.45. The normalized spacial score (nSPS) is 11.2. The molecule has 0 amide bonds. The van der Waals surface area contributed by atoms with Gasteiger partial charge in [-0.25, -0.2) is 4.98 Å². The molecule has 3 rings (SSSR count). The zero-order chi connectivity index (χ0) is 12.0. The van der Waals surface area contributed by atoms with Crippen LogP contribution in [0, 0.1) is 13.8 Å². The lowest BCUT2D eigenvalue weighted by Crippen LogP contribution is -1.93. The van der Waals surface area contributed by atoms with E-state index in [9.17, 15) is 0 Å². The summed E-state index contributed by atoms with van der Waals surface area (Å²) in [6, 6.07) is 8.21. The largest absolute Gasteiger partial charge is 0.296 e. The second-order valence-corrected chi connectivity index (χ2v) is 5.83. The van der Waals surface area contributed by atoms with Crippen LogP contribution in [-0.4, -0.2) is 9.38 Å². The number of aromatic nitrogens is 2. The number of thiophene rings is 1. The van der Waals surface area contributed by atoms with Crippen molar-refractivity contribution >= 4 is 28.6 Å². The van der Waals surface area contributed by atoms with E-state index in [2.05, 4.69) is 35.4 Å². The summed E-state index contributed by atoms with van der Waals surface area (Å²) in [5, 5.41) is 0. The predicted octanol–water partition coefficient (Wildman–Crippen LogP) is 4.33. The molecule has 0 N–H and O–H groups in total. The summed E-state index contributed by atoms with van der Waals surface area (Å²) >= 11 is 7.56. The Labute approximate surface area is 108 Å². The molecule has 0 aliphatic carbocycles. The van der Waals surface area contributed by atoms with Crippen molar-refractivity contribution in [2.24, 2.45) is 0 Å². The van der Waals surface area contributed by atoms with E-state index in [1.165, 1.54) is 11.3 Å². The topological polar surface area (TPSA) is 17.3 Å². The van der Waals surface area contributed by atoms with Gasteiger partial charge in [-0.3, -0.25) is 4.40 Å². The van der Waals surface area contributed by atoms with Crippen LogP contribution in [0.3, 0.4) is 0 Å². The highest BCUT2D eigenvalue weighted by atomic mass is 35.5. The Hall–Kier alpha value is -1.32. The lowest BCUT2D eigenvalue weighted by atomic mass is 10.2. The Morgan fingerprint density at radius 1 is 1.24 bits per heavy atom. The molecule has 0 fully saturated rings. The summed E-state index contributed by atoms with van der Waals surface area (Å²) < 4.78 is 2.97. The number of aryl methyl sites for hydroxylation is 2. The number of fused-ring (bicyclic) bond motifs is 1. The third kappa shape index (κ3) is 1.75. The maximum Gasteiger partial charge on any atom is 0.137 e. The molecule has 4 heteroatoms. The Balaban J connectivity index is 2.31. The van der Waals surface area contributed by atoms with Crippen molar-refractivity contribution in [3.63, 3.8) is 0 Å². The van der Waals surface area contributed by atoms with Gasteiger partial charge in [0.25, 0.3) is 0 Å². The quantitative estimate of drug-likeness (QED) is 0.638. The van der Waals surface area contributed by atoms with Gasteiger partial charge in [0.1, 0.15) is 5.65 Å². The molecule has 3 aromatic rings. The van der Waals surface area contributed by atoms with Crippen molar-refractivity contribution in [3.05, 3.63) is 46.1 Å². The van der Waals surface area contributed by atoms with Crippen molar-refractivity contribution in [1.82, 2.24) is 9.38 Å². The summed E-state index contributed by atoms with van der Waals surface area (Å²) in [4.78, 5) is 5.60. The van der Waals surface area contributed by atoms with Gasteiger partial charge in [-0.1, -0.05) is 11.6 Å². The van der Waals surface area contributed by atoms with Crippen LogP contribution >= 0.6 is 22.9 Å². The Bertz CT molecular complexity index is 697. The van der Waals surface area contributed by atoms with Gasteiger partial charge in [-0.15, -0.1) is 11.3 Å². The number of pyridine rings is 1. The van der Waals surface area contributed by atoms with E-state index in [1.54, 1.807) is 11.3 Å². The summed E-state index contributed by atoms with van der Waals surface area (Å²) in [5.74, 6) is 0. The minimum Gasteiger partial charge on any atom is -0.296 e. The molecule has 0 aliphatic heterocycles. The number of nitrogens with zero attached hydrogens (tertiary/aromatic N) is 2. The maximum absolute atomic E-state index is 5.98. The first-order chi connectivity index (χ1) is 8.15. The lowest BCUT2D eigenvalue weighted by molar-refractivity contribution is 1.09. The Morgan fingerprint density at radius 2 is 2.06 bits per heavy atom. The number of hydrogen-bond donors (Lipinski definition) is 0. The van der Waals surface area contributed by atoms with Gasteiger partial charge in [0.15, 0.2) is 0 Å². The van der Waals surface area contributed by atoms with Crippen LogP contribution in [-0.2, 0) is 0 Å². The van der Waals surface area contributed by atoms with Crippen molar-refractivity contribution in [2.45, 2.75) is 13.8 Å². The van der Waals surface area contributed by atoms with Gasteiger partial charge < -0.3 is 0 Å². The molecule has 0 saturated heterocycles. The van der Waals surface area contributed by atoms with E-state index in [0.717, 1.165) is 20.6 Å². The van der Waals surface area contributed by atoms with Crippen LogP contribution in [0.25, 0.3) is 16.2 Å². The van der Waals surface area contributed by atoms with Crippen LogP contribution in [0.2, 0.25) is 4.34 Å². The Morgan fingerprint density at radius 3 is 2.76 bits per heavy atom. The standard InChI is InChI=1S/C13H11ClN2S/c1-8-5-9(2)16-10(7-15-13(16)6-8)11-3-4-12(14)17-11/h3-7H,1-2H3. The first-order valence-corrected chi connectivity index (χ1v) is 6.55. The van der Waals surface area contributed by atoms with E-state index in [4.69, 9.17) is 11.6 Å². The molecule has 86 valence electrons. The second kappa shape index (κ2) is 3.86. The van der Waals surface area contributed by atoms with E-state index in [0.29, 0.717) is 0 Å². The van der Waals surface area contributed by atoms with Gasteiger partial charge >= 0.3 is 0 Å². The zero-order valence-electron chi connectivity index (χ0n) is 9.57. The predicted molar refractivity (Wildman–Crippen MR) is 73.0 cm³/mol. The summed E-state index contributed by atoms with van der Waals surface area (Å²) in [5.41, 5.74) is 4.52. The van der Waals surface area contributed by atoms with E-state index in [1.807, 2.05) is 18.3 Å². The van der Waals surface area contributed by atoms with Crippen molar-refractivity contribution < 1.29 is 0 Å². The molecule has 0 bridgehead atoms. The van der Waals surface area contributed by atoms with Crippen molar-refractivity contribution in [3.8, 4) is 10.6 Å². The smallest absolute Gasteiger partial charge is 0.137 e. The molecule has 0 spiro atoms. The summed E-state index contributed by atoms with van der Waals surface area (Å²) in [6.07, 6.45) is 1.91.